The van der Waals surface area contributed by atoms with Crippen molar-refractivity contribution >= 4 is 27.9 Å². The Labute approximate surface area is 131 Å². The van der Waals surface area contributed by atoms with Crippen molar-refractivity contribution in [3.05, 3.63) is 28.7 Å². The molecule has 2 fully saturated rings. The number of benzene rings is 1. The summed E-state index contributed by atoms with van der Waals surface area (Å²) in [7, 11) is 0. The Hall–Kier alpha value is -1.56. The van der Waals surface area contributed by atoms with Crippen LogP contribution in [0.1, 0.15) is 25.7 Å². The van der Waals surface area contributed by atoms with Crippen LogP contribution in [0, 0.1) is 0 Å². The van der Waals surface area contributed by atoms with Crippen LogP contribution in [-0.2, 0) is 4.79 Å². The van der Waals surface area contributed by atoms with Crippen molar-refractivity contribution in [2.75, 3.05) is 13.2 Å². The standard InChI is InChI=1S/C15H17BrN2O3/c16-11-3-5-12(6-4-11)21-10-9-18-14(20)17-13(19)15(18)7-1-2-8-15/h3-6H,1-2,7-10H2,(H,17,19,20). The molecule has 112 valence electrons. The van der Waals surface area contributed by atoms with E-state index in [1.54, 1.807) is 4.90 Å². The lowest BCUT2D eigenvalue weighted by Crippen LogP contribution is -2.48. The molecule has 1 aromatic carbocycles. The molecule has 0 atom stereocenters. The van der Waals surface area contributed by atoms with Gasteiger partial charge in [-0.2, -0.15) is 0 Å². The maximum atomic E-state index is 12.1. The van der Waals surface area contributed by atoms with Crippen LogP contribution in [0.15, 0.2) is 28.7 Å². The zero-order valence-corrected chi connectivity index (χ0v) is 13.2. The van der Waals surface area contributed by atoms with Crippen LogP contribution in [0.4, 0.5) is 4.79 Å². The van der Waals surface area contributed by atoms with E-state index < -0.39 is 5.54 Å². The van der Waals surface area contributed by atoms with Gasteiger partial charge in [0, 0.05) is 4.47 Å². The van der Waals surface area contributed by atoms with Crippen LogP contribution in [0.25, 0.3) is 0 Å². The molecule has 5 nitrogen and oxygen atoms in total. The van der Waals surface area contributed by atoms with Gasteiger partial charge in [0.1, 0.15) is 17.9 Å². The molecule has 1 heterocycles. The summed E-state index contributed by atoms with van der Waals surface area (Å²) in [6.07, 6.45) is 3.49. The topological polar surface area (TPSA) is 58.6 Å². The molecule has 3 rings (SSSR count). The first-order valence-corrected chi connectivity index (χ1v) is 7.92. The lowest BCUT2D eigenvalue weighted by atomic mass is 9.96. The van der Waals surface area contributed by atoms with E-state index in [1.807, 2.05) is 24.3 Å². The zero-order chi connectivity index (χ0) is 14.9. The average molecular weight is 353 g/mol. The van der Waals surface area contributed by atoms with Gasteiger partial charge in [0.25, 0.3) is 5.91 Å². The fraction of sp³-hybridized carbons (Fsp3) is 0.467. The predicted octanol–water partition coefficient (Wildman–Crippen LogP) is 2.69. The molecule has 1 saturated carbocycles. The number of nitrogens with zero attached hydrogens (tertiary/aromatic N) is 1. The Kier molecular flexibility index (Phi) is 3.89. The number of imide groups is 1. The van der Waals surface area contributed by atoms with Gasteiger partial charge in [-0.25, -0.2) is 4.79 Å². The van der Waals surface area contributed by atoms with Crippen LogP contribution in [0.5, 0.6) is 5.75 Å². The molecule has 6 heteroatoms. The second-order valence-electron chi connectivity index (χ2n) is 5.45. The Bertz CT molecular complexity index is 553. The number of nitrogens with one attached hydrogen (secondary N) is 1. The van der Waals surface area contributed by atoms with E-state index in [4.69, 9.17) is 4.74 Å². The molecule has 2 aliphatic rings. The molecular formula is C15H17BrN2O3. The minimum absolute atomic E-state index is 0.145. The Morgan fingerprint density at radius 2 is 1.86 bits per heavy atom. The van der Waals surface area contributed by atoms with E-state index in [9.17, 15) is 9.59 Å². The molecular weight excluding hydrogens is 336 g/mol. The second kappa shape index (κ2) is 5.67. The Morgan fingerprint density at radius 3 is 2.52 bits per heavy atom. The summed E-state index contributed by atoms with van der Waals surface area (Å²) in [6.45, 7) is 0.803. The number of ether oxygens (including phenoxy) is 1. The zero-order valence-electron chi connectivity index (χ0n) is 11.6. The molecule has 0 aromatic heterocycles. The van der Waals surface area contributed by atoms with Gasteiger partial charge in [0.2, 0.25) is 0 Å². The molecule has 1 N–H and O–H groups in total. The number of amides is 3. The average Bonchev–Trinajstić information content (AvgIpc) is 3.03. The SMILES string of the molecule is O=C1NC(=O)C2(CCCC2)N1CCOc1ccc(Br)cc1. The summed E-state index contributed by atoms with van der Waals surface area (Å²) in [5, 5.41) is 2.44. The molecule has 3 amide bonds. The van der Waals surface area contributed by atoms with Gasteiger partial charge >= 0.3 is 6.03 Å². The number of hydrogen-bond donors (Lipinski definition) is 1. The molecule has 21 heavy (non-hydrogen) atoms. The minimum atomic E-state index is -0.625. The van der Waals surface area contributed by atoms with Crippen molar-refractivity contribution in [2.24, 2.45) is 0 Å². The van der Waals surface area contributed by atoms with Gasteiger partial charge in [0.15, 0.2) is 0 Å². The van der Waals surface area contributed by atoms with Crippen molar-refractivity contribution in [2.45, 2.75) is 31.2 Å². The van der Waals surface area contributed by atoms with E-state index in [0.29, 0.717) is 13.2 Å². The molecule has 1 aromatic rings. The van der Waals surface area contributed by atoms with Gasteiger partial charge in [-0.05, 0) is 37.1 Å². The highest BCUT2D eigenvalue weighted by Crippen LogP contribution is 2.38. The van der Waals surface area contributed by atoms with Gasteiger partial charge < -0.3 is 9.64 Å². The minimum Gasteiger partial charge on any atom is -0.492 e. The fourth-order valence-corrected chi connectivity index (χ4v) is 3.42. The Balaban J connectivity index is 1.62. The molecule has 0 unspecified atom stereocenters. The normalized spacial score (nSPS) is 20.1. The highest BCUT2D eigenvalue weighted by Gasteiger charge is 2.53. The third kappa shape index (κ3) is 2.64. The first-order chi connectivity index (χ1) is 10.1. The monoisotopic (exact) mass is 352 g/mol. The van der Waals surface area contributed by atoms with E-state index in [2.05, 4.69) is 21.2 Å². The van der Waals surface area contributed by atoms with Gasteiger partial charge in [-0.15, -0.1) is 0 Å². The summed E-state index contributed by atoms with van der Waals surface area (Å²) in [6, 6.07) is 7.25. The molecule has 1 saturated heterocycles. The van der Waals surface area contributed by atoms with Crippen LogP contribution in [0.3, 0.4) is 0 Å². The number of halogens is 1. The number of rotatable bonds is 4. The van der Waals surface area contributed by atoms with Crippen molar-refractivity contribution in [1.29, 1.82) is 0 Å². The lowest BCUT2D eigenvalue weighted by molar-refractivity contribution is -0.126. The van der Waals surface area contributed by atoms with Crippen molar-refractivity contribution in [1.82, 2.24) is 10.2 Å². The van der Waals surface area contributed by atoms with E-state index in [0.717, 1.165) is 35.9 Å². The van der Waals surface area contributed by atoms with E-state index >= 15 is 0 Å². The summed E-state index contributed by atoms with van der Waals surface area (Å²) in [4.78, 5) is 25.7. The van der Waals surface area contributed by atoms with Gasteiger partial charge in [-0.1, -0.05) is 28.8 Å². The van der Waals surface area contributed by atoms with Crippen LogP contribution < -0.4 is 10.1 Å². The maximum Gasteiger partial charge on any atom is 0.325 e. The molecule has 1 aliphatic heterocycles. The highest BCUT2D eigenvalue weighted by atomic mass is 79.9. The molecule has 0 radical (unpaired) electrons. The van der Waals surface area contributed by atoms with Crippen LogP contribution in [-0.4, -0.2) is 35.5 Å². The lowest BCUT2D eigenvalue weighted by Gasteiger charge is -2.31. The summed E-state index contributed by atoms with van der Waals surface area (Å²) in [5.74, 6) is 0.609. The summed E-state index contributed by atoms with van der Waals surface area (Å²) < 4.78 is 6.65. The molecule has 1 aliphatic carbocycles. The van der Waals surface area contributed by atoms with Gasteiger partial charge in [-0.3, -0.25) is 10.1 Å². The van der Waals surface area contributed by atoms with Crippen LogP contribution >= 0.6 is 15.9 Å². The number of carbonyl (C=O) groups excluding carboxylic acids is 2. The number of carbonyl (C=O) groups is 2. The maximum absolute atomic E-state index is 12.1. The molecule has 0 bridgehead atoms. The van der Waals surface area contributed by atoms with Crippen molar-refractivity contribution in [3.63, 3.8) is 0 Å². The quantitative estimate of drug-likeness (QED) is 0.847. The Morgan fingerprint density at radius 1 is 1.19 bits per heavy atom. The summed E-state index contributed by atoms with van der Waals surface area (Å²) in [5.41, 5.74) is -0.625. The number of urea groups is 1. The van der Waals surface area contributed by atoms with E-state index in [-0.39, 0.29) is 11.9 Å². The third-order valence-corrected chi connectivity index (χ3v) is 4.76. The van der Waals surface area contributed by atoms with Crippen molar-refractivity contribution < 1.29 is 14.3 Å². The van der Waals surface area contributed by atoms with E-state index in [1.165, 1.54) is 0 Å². The summed E-state index contributed by atoms with van der Waals surface area (Å²) >= 11 is 3.37. The largest absolute Gasteiger partial charge is 0.492 e. The first-order valence-electron chi connectivity index (χ1n) is 7.13. The fourth-order valence-electron chi connectivity index (χ4n) is 3.16. The highest BCUT2D eigenvalue weighted by molar-refractivity contribution is 9.10. The molecule has 1 spiro atoms. The smallest absolute Gasteiger partial charge is 0.325 e. The number of hydrogen-bond acceptors (Lipinski definition) is 3. The van der Waals surface area contributed by atoms with Gasteiger partial charge in [0.05, 0.1) is 6.54 Å². The third-order valence-electron chi connectivity index (χ3n) is 4.23. The predicted molar refractivity (Wildman–Crippen MR) is 81.1 cm³/mol. The first kappa shape index (κ1) is 14.4. The van der Waals surface area contributed by atoms with Crippen LogP contribution in [0.2, 0.25) is 0 Å². The second-order valence-corrected chi connectivity index (χ2v) is 6.37. The van der Waals surface area contributed by atoms with Crippen molar-refractivity contribution in [3.8, 4) is 5.75 Å².